The van der Waals surface area contributed by atoms with Gasteiger partial charge < -0.3 is 15.2 Å². The molecule has 2 aromatic rings. The zero-order valence-electron chi connectivity index (χ0n) is 12.0. The van der Waals surface area contributed by atoms with Crippen molar-refractivity contribution in [1.29, 1.82) is 0 Å². The topological polar surface area (TPSA) is 65.0 Å². The lowest BCUT2D eigenvalue weighted by Crippen LogP contribution is -2.21. The van der Waals surface area contributed by atoms with Crippen LogP contribution in [0.15, 0.2) is 18.2 Å². The fourth-order valence-electron chi connectivity index (χ4n) is 2.09. The monoisotopic (exact) mass is 289 g/mol. The Morgan fingerprint density at radius 3 is 2.60 bits per heavy atom. The lowest BCUT2D eigenvalue weighted by molar-refractivity contribution is -0.254. The van der Waals surface area contributed by atoms with E-state index in [1.165, 1.54) is 5.56 Å². The highest BCUT2D eigenvalue weighted by Crippen LogP contribution is 2.32. The van der Waals surface area contributed by atoms with Crippen molar-refractivity contribution >= 4 is 28.1 Å². The number of carbonyl (C=O) groups excluding carboxylic acids is 1. The van der Waals surface area contributed by atoms with E-state index in [4.69, 9.17) is 0 Å². The van der Waals surface area contributed by atoms with E-state index in [-0.39, 0.29) is 4.88 Å². The molecular weight excluding hydrogens is 272 g/mol. The van der Waals surface area contributed by atoms with Gasteiger partial charge in [0.15, 0.2) is 5.13 Å². The Morgan fingerprint density at radius 2 is 2.05 bits per heavy atom. The minimum atomic E-state index is -1.18. The summed E-state index contributed by atoms with van der Waals surface area (Å²) in [4.78, 5) is 15.4. The van der Waals surface area contributed by atoms with Crippen molar-refractivity contribution in [2.75, 3.05) is 5.32 Å². The third-order valence-electron chi connectivity index (χ3n) is 3.14. The molecule has 20 heavy (non-hydrogen) atoms. The molecule has 2 rings (SSSR count). The molecule has 0 bridgehead atoms. The number of anilines is 2. The Bertz CT molecular complexity index is 647. The van der Waals surface area contributed by atoms with E-state index in [9.17, 15) is 9.90 Å². The average molecular weight is 289 g/mol. The van der Waals surface area contributed by atoms with Gasteiger partial charge in [-0.1, -0.05) is 43.4 Å². The normalized spacial score (nSPS) is 10.8. The summed E-state index contributed by atoms with van der Waals surface area (Å²) in [6, 6.07) is 6.12. The van der Waals surface area contributed by atoms with Crippen LogP contribution in [0.5, 0.6) is 0 Å². The molecule has 0 amide bonds. The molecule has 1 N–H and O–H groups in total. The van der Waals surface area contributed by atoms with Crippen LogP contribution in [0.3, 0.4) is 0 Å². The highest BCUT2D eigenvalue weighted by molar-refractivity contribution is 7.17. The average Bonchev–Trinajstić information content (AvgIpc) is 2.72. The first kappa shape index (κ1) is 14.5. The second-order valence-corrected chi connectivity index (χ2v) is 6.04. The number of nitrogens with zero attached hydrogens (tertiary/aromatic N) is 1. The molecule has 0 saturated heterocycles. The zero-order chi connectivity index (χ0) is 14.9. The van der Waals surface area contributed by atoms with Crippen LogP contribution in [-0.4, -0.2) is 11.0 Å². The van der Waals surface area contributed by atoms with E-state index >= 15 is 0 Å². The minimum absolute atomic E-state index is 0.173. The predicted octanol–water partition coefficient (Wildman–Crippen LogP) is 2.99. The van der Waals surface area contributed by atoms with Gasteiger partial charge in [-0.2, -0.15) is 0 Å². The lowest BCUT2D eigenvalue weighted by atomic mass is 9.98. The van der Waals surface area contributed by atoms with Crippen LogP contribution >= 0.6 is 11.3 Å². The number of para-hydroxylation sites is 1. The highest BCUT2D eigenvalue weighted by atomic mass is 32.1. The van der Waals surface area contributed by atoms with Crippen molar-refractivity contribution < 1.29 is 9.90 Å². The van der Waals surface area contributed by atoms with Crippen LogP contribution in [0.1, 0.15) is 46.3 Å². The molecule has 1 heterocycles. The van der Waals surface area contributed by atoms with Gasteiger partial charge in [-0.05, 0) is 30.9 Å². The van der Waals surface area contributed by atoms with Crippen molar-refractivity contribution in [3.8, 4) is 0 Å². The minimum Gasteiger partial charge on any atom is -0.544 e. The smallest absolute Gasteiger partial charge is 0.188 e. The van der Waals surface area contributed by atoms with Gasteiger partial charge in [0.1, 0.15) is 0 Å². The van der Waals surface area contributed by atoms with Crippen LogP contribution in [0.2, 0.25) is 0 Å². The van der Waals surface area contributed by atoms with E-state index in [0.29, 0.717) is 16.7 Å². The van der Waals surface area contributed by atoms with Crippen molar-refractivity contribution in [1.82, 2.24) is 4.98 Å². The van der Waals surface area contributed by atoms with Crippen LogP contribution in [-0.2, 0) is 0 Å². The van der Waals surface area contributed by atoms with Gasteiger partial charge in [0.2, 0.25) is 0 Å². The number of hydrogen-bond donors (Lipinski definition) is 1. The summed E-state index contributed by atoms with van der Waals surface area (Å²) >= 11 is 1.11. The van der Waals surface area contributed by atoms with Crippen LogP contribution in [0, 0.1) is 13.8 Å². The number of aromatic carboxylic acids is 1. The van der Waals surface area contributed by atoms with Crippen molar-refractivity contribution in [2.45, 2.75) is 33.6 Å². The molecule has 0 spiro atoms. The van der Waals surface area contributed by atoms with E-state index in [0.717, 1.165) is 22.6 Å². The number of hydrogen-bond acceptors (Lipinski definition) is 5. The number of aromatic nitrogens is 1. The number of aryl methyl sites for hydroxylation is 2. The highest BCUT2D eigenvalue weighted by Gasteiger charge is 2.13. The third-order valence-corrected chi connectivity index (χ3v) is 4.19. The maximum atomic E-state index is 11.0. The summed E-state index contributed by atoms with van der Waals surface area (Å²) in [5, 5.41) is 14.8. The Kier molecular flexibility index (Phi) is 4.09. The first-order valence-electron chi connectivity index (χ1n) is 6.45. The van der Waals surface area contributed by atoms with Crippen LogP contribution < -0.4 is 10.4 Å². The van der Waals surface area contributed by atoms with Gasteiger partial charge in [0.05, 0.1) is 16.5 Å². The maximum Gasteiger partial charge on any atom is 0.188 e. The second-order valence-electron chi connectivity index (χ2n) is 5.04. The van der Waals surface area contributed by atoms with E-state index in [1.54, 1.807) is 6.92 Å². The summed E-state index contributed by atoms with van der Waals surface area (Å²) in [6.45, 7) is 7.95. The van der Waals surface area contributed by atoms with E-state index < -0.39 is 5.97 Å². The molecule has 0 atom stereocenters. The standard InChI is InChI=1S/C15H18N2O2S/c1-8(2)11-7-5-6-9(3)12(11)17-15-16-10(4)13(20-15)14(18)19/h5-8H,1-4H3,(H,16,17)(H,18,19)/p-1. The maximum absolute atomic E-state index is 11.0. The number of rotatable bonds is 4. The Labute approximate surface area is 122 Å². The van der Waals surface area contributed by atoms with Gasteiger partial charge in [-0.15, -0.1) is 0 Å². The van der Waals surface area contributed by atoms with E-state index in [2.05, 4.69) is 30.2 Å². The summed E-state index contributed by atoms with van der Waals surface area (Å²) in [6.07, 6.45) is 0. The quantitative estimate of drug-likeness (QED) is 0.939. The third kappa shape index (κ3) is 2.82. The molecule has 1 aromatic carbocycles. The van der Waals surface area contributed by atoms with Crippen LogP contribution in [0.4, 0.5) is 10.8 Å². The molecule has 0 unspecified atom stereocenters. The van der Waals surface area contributed by atoms with Crippen LogP contribution in [0.25, 0.3) is 0 Å². The molecule has 4 nitrogen and oxygen atoms in total. The summed E-state index contributed by atoms with van der Waals surface area (Å²) in [7, 11) is 0. The van der Waals surface area contributed by atoms with E-state index in [1.807, 2.05) is 19.1 Å². The van der Waals surface area contributed by atoms with Crippen molar-refractivity contribution in [3.05, 3.63) is 39.9 Å². The molecule has 0 aliphatic heterocycles. The number of nitrogens with one attached hydrogen (secondary N) is 1. The number of carboxylic acids is 1. The molecule has 1 aromatic heterocycles. The van der Waals surface area contributed by atoms with Gasteiger partial charge in [0, 0.05) is 5.69 Å². The fraction of sp³-hybridized carbons (Fsp3) is 0.333. The number of carboxylic acid groups (broad SMARTS) is 1. The molecule has 106 valence electrons. The van der Waals surface area contributed by atoms with Gasteiger partial charge in [-0.3, -0.25) is 0 Å². The first-order valence-corrected chi connectivity index (χ1v) is 7.27. The SMILES string of the molecule is Cc1cccc(C(C)C)c1Nc1nc(C)c(C(=O)[O-])s1. The number of benzene rings is 1. The van der Waals surface area contributed by atoms with Crippen molar-refractivity contribution in [2.24, 2.45) is 0 Å². The van der Waals surface area contributed by atoms with Crippen molar-refractivity contribution in [3.63, 3.8) is 0 Å². The van der Waals surface area contributed by atoms with Gasteiger partial charge in [-0.25, -0.2) is 4.98 Å². The fourth-order valence-corrected chi connectivity index (χ4v) is 2.89. The molecule has 0 radical (unpaired) electrons. The summed E-state index contributed by atoms with van der Waals surface area (Å²) in [5.41, 5.74) is 3.78. The molecule has 5 heteroatoms. The lowest BCUT2D eigenvalue weighted by Gasteiger charge is -2.15. The largest absolute Gasteiger partial charge is 0.544 e. The molecular formula is C15H17N2O2S-. The Balaban J connectivity index is 2.40. The number of thiazole rings is 1. The first-order chi connectivity index (χ1) is 9.40. The molecule has 0 saturated carbocycles. The number of carbonyl (C=O) groups is 1. The molecule has 0 fully saturated rings. The molecule has 0 aliphatic rings. The van der Waals surface area contributed by atoms with Gasteiger partial charge in [0.25, 0.3) is 0 Å². The Morgan fingerprint density at radius 1 is 1.35 bits per heavy atom. The second kappa shape index (κ2) is 5.63. The zero-order valence-corrected chi connectivity index (χ0v) is 12.8. The van der Waals surface area contributed by atoms with Gasteiger partial charge >= 0.3 is 0 Å². The summed E-state index contributed by atoms with van der Waals surface area (Å²) < 4.78 is 0. The molecule has 0 aliphatic carbocycles. The predicted molar refractivity (Wildman–Crippen MR) is 79.7 cm³/mol. The summed E-state index contributed by atoms with van der Waals surface area (Å²) in [5.74, 6) is -0.805. The Hall–Kier alpha value is -1.88.